The molecular formula is C50H32N2. The number of para-hydroxylation sites is 3. The van der Waals surface area contributed by atoms with Gasteiger partial charge in [0.25, 0.3) is 0 Å². The molecule has 52 heavy (non-hydrogen) atoms. The molecule has 1 aromatic heterocycles. The zero-order valence-corrected chi connectivity index (χ0v) is 28.4. The molecule has 0 aliphatic carbocycles. The van der Waals surface area contributed by atoms with Gasteiger partial charge in [-0.15, -0.1) is 0 Å². The van der Waals surface area contributed by atoms with Crippen LogP contribution in [-0.4, -0.2) is 4.57 Å². The number of hydrogen-bond donors (Lipinski definition) is 0. The Balaban J connectivity index is 1.14. The molecule has 11 aromatic rings. The second kappa shape index (κ2) is 11.3. The number of anilines is 3. The van der Waals surface area contributed by atoms with Crippen LogP contribution in [0.3, 0.4) is 0 Å². The molecule has 2 nitrogen and oxygen atoms in total. The SMILES string of the molecule is c1ccc(N(c2ccccc2)c2ccc(-c3ccc4ccc5c6c(ccc3c46)cc3c4ccccc4n(-c4cccc6ccccc46)c35)cc2)cc1. The molecule has 0 N–H and O–H groups in total. The van der Waals surface area contributed by atoms with E-state index < -0.39 is 0 Å². The number of rotatable bonds is 5. The summed E-state index contributed by atoms with van der Waals surface area (Å²) in [5.74, 6) is 0. The van der Waals surface area contributed by atoms with Crippen LogP contribution in [0.1, 0.15) is 0 Å². The minimum atomic E-state index is 1.13. The lowest BCUT2D eigenvalue weighted by Crippen LogP contribution is -2.09. The topological polar surface area (TPSA) is 8.17 Å². The van der Waals surface area contributed by atoms with Gasteiger partial charge in [-0.1, -0.05) is 140 Å². The van der Waals surface area contributed by atoms with Gasteiger partial charge in [0.15, 0.2) is 0 Å². The maximum Gasteiger partial charge on any atom is 0.0620 e. The summed E-state index contributed by atoms with van der Waals surface area (Å²) in [5, 5.41) is 12.8. The van der Waals surface area contributed by atoms with E-state index in [0.717, 1.165) is 17.1 Å². The maximum absolute atomic E-state index is 2.50. The van der Waals surface area contributed by atoms with Gasteiger partial charge in [-0.3, -0.25) is 0 Å². The van der Waals surface area contributed by atoms with Crippen LogP contribution in [0.5, 0.6) is 0 Å². The van der Waals surface area contributed by atoms with Gasteiger partial charge in [0.1, 0.15) is 0 Å². The third-order valence-corrected chi connectivity index (χ3v) is 10.9. The van der Waals surface area contributed by atoms with Crippen LogP contribution in [0.4, 0.5) is 17.1 Å². The monoisotopic (exact) mass is 660 g/mol. The molecule has 0 unspecified atom stereocenters. The summed E-state index contributed by atoms with van der Waals surface area (Å²) in [6.07, 6.45) is 0. The second-order valence-corrected chi connectivity index (χ2v) is 13.7. The number of fused-ring (bicyclic) bond motifs is 5. The fourth-order valence-corrected chi connectivity index (χ4v) is 8.62. The van der Waals surface area contributed by atoms with Crippen molar-refractivity contribution in [3.63, 3.8) is 0 Å². The molecule has 0 bridgehead atoms. The van der Waals surface area contributed by atoms with Gasteiger partial charge in [-0.2, -0.15) is 0 Å². The first-order chi connectivity index (χ1) is 25.8. The van der Waals surface area contributed by atoms with Crippen LogP contribution in [0, 0.1) is 0 Å². The van der Waals surface area contributed by atoms with Crippen LogP contribution >= 0.6 is 0 Å². The average molecular weight is 661 g/mol. The zero-order valence-electron chi connectivity index (χ0n) is 28.4. The first kappa shape index (κ1) is 28.9. The van der Waals surface area contributed by atoms with E-state index in [2.05, 4.69) is 204 Å². The minimum absolute atomic E-state index is 1.13. The van der Waals surface area contributed by atoms with Crippen molar-refractivity contribution in [2.24, 2.45) is 0 Å². The van der Waals surface area contributed by atoms with Gasteiger partial charge in [-0.25, -0.2) is 0 Å². The highest BCUT2D eigenvalue weighted by molar-refractivity contribution is 6.33. The van der Waals surface area contributed by atoms with Crippen LogP contribution in [0.25, 0.3) is 81.7 Å². The van der Waals surface area contributed by atoms with E-state index in [-0.39, 0.29) is 0 Å². The minimum Gasteiger partial charge on any atom is -0.311 e. The fourth-order valence-electron chi connectivity index (χ4n) is 8.62. The van der Waals surface area contributed by atoms with Gasteiger partial charge in [-0.05, 0) is 98.0 Å². The highest BCUT2D eigenvalue weighted by Gasteiger charge is 2.21. The Hall–Kier alpha value is -6.90. The molecule has 2 heteroatoms. The van der Waals surface area contributed by atoms with E-state index in [4.69, 9.17) is 0 Å². The molecule has 10 aromatic carbocycles. The van der Waals surface area contributed by atoms with Crippen molar-refractivity contribution in [3.8, 4) is 16.8 Å². The van der Waals surface area contributed by atoms with E-state index >= 15 is 0 Å². The molecule has 0 aliphatic rings. The number of nitrogens with zero attached hydrogens (tertiary/aromatic N) is 2. The Kier molecular flexibility index (Phi) is 6.28. The van der Waals surface area contributed by atoms with Crippen LogP contribution in [0.2, 0.25) is 0 Å². The number of aromatic nitrogens is 1. The van der Waals surface area contributed by atoms with Crippen molar-refractivity contribution in [2.45, 2.75) is 0 Å². The Morgan fingerprint density at radius 2 is 0.942 bits per heavy atom. The molecule has 0 fully saturated rings. The van der Waals surface area contributed by atoms with Crippen LogP contribution in [0.15, 0.2) is 194 Å². The van der Waals surface area contributed by atoms with Crippen molar-refractivity contribution < 1.29 is 0 Å². The quantitative estimate of drug-likeness (QED) is 0.167. The summed E-state index contributed by atoms with van der Waals surface area (Å²) >= 11 is 0. The van der Waals surface area contributed by atoms with Gasteiger partial charge in [0.2, 0.25) is 0 Å². The van der Waals surface area contributed by atoms with Crippen molar-refractivity contribution in [1.29, 1.82) is 0 Å². The summed E-state index contributed by atoms with van der Waals surface area (Å²) in [6.45, 7) is 0. The lowest BCUT2D eigenvalue weighted by Gasteiger charge is -2.25. The molecule has 0 saturated carbocycles. The predicted octanol–water partition coefficient (Wildman–Crippen LogP) is 14.0. The molecule has 242 valence electrons. The largest absolute Gasteiger partial charge is 0.311 e. The third kappa shape index (κ3) is 4.25. The maximum atomic E-state index is 2.50. The molecule has 0 radical (unpaired) electrons. The highest BCUT2D eigenvalue weighted by Crippen LogP contribution is 2.46. The summed E-state index contributed by atoms with van der Waals surface area (Å²) in [5.41, 5.74) is 9.54. The van der Waals surface area contributed by atoms with Gasteiger partial charge in [0, 0.05) is 38.6 Å². The lowest BCUT2D eigenvalue weighted by molar-refractivity contribution is 1.20. The van der Waals surface area contributed by atoms with Crippen molar-refractivity contribution in [1.82, 2.24) is 4.57 Å². The smallest absolute Gasteiger partial charge is 0.0620 e. The summed E-state index contributed by atoms with van der Waals surface area (Å²) in [6, 6.07) is 70.8. The molecule has 11 rings (SSSR count). The highest BCUT2D eigenvalue weighted by atomic mass is 15.1. The summed E-state index contributed by atoms with van der Waals surface area (Å²) in [4.78, 5) is 2.31. The van der Waals surface area contributed by atoms with Crippen LogP contribution in [-0.2, 0) is 0 Å². The number of hydrogen-bond acceptors (Lipinski definition) is 1. The van der Waals surface area contributed by atoms with Crippen molar-refractivity contribution >= 4 is 82.0 Å². The van der Waals surface area contributed by atoms with Crippen molar-refractivity contribution in [3.05, 3.63) is 194 Å². The summed E-state index contributed by atoms with van der Waals surface area (Å²) in [7, 11) is 0. The normalized spacial score (nSPS) is 11.8. The van der Waals surface area contributed by atoms with E-state index in [1.807, 2.05) is 0 Å². The molecule has 0 spiro atoms. The molecular weight excluding hydrogens is 629 g/mol. The standard InChI is InChI=1S/C50H32N2/c1-3-14-37(15-4-1)51(38-16-5-2-6-17-38)39-27-22-34(23-28-39)40-29-24-35-25-31-44-49-36(26-30-43(40)48(35)49)32-45-42-19-9-10-20-47(42)52(50(44)45)46-21-11-13-33-12-7-8-18-41(33)46/h1-32H. The molecule has 0 atom stereocenters. The Labute approximate surface area is 301 Å². The van der Waals surface area contributed by atoms with E-state index in [1.165, 1.54) is 81.7 Å². The van der Waals surface area contributed by atoms with Gasteiger partial charge >= 0.3 is 0 Å². The average Bonchev–Trinajstić information content (AvgIpc) is 3.55. The van der Waals surface area contributed by atoms with E-state index in [9.17, 15) is 0 Å². The van der Waals surface area contributed by atoms with E-state index in [1.54, 1.807) is 0 Å². The molecule has 1 heterocycles. The first-order valence-corrected chi connectivity index (χ1v) is 17.9. The zero-order chi connectivity index (χ0) is 34.2. The Morgan fingerprint density at radius 1 is 0.346 bits per heavy atom. The predicted molar refractivity (Wildman–Crippen MR) is 222 cm³/mol. The fraction of sp³-hybridized carbons (Fsp3) is 0. The third-order valence-electron chi connectivity index (χ3n) is 10.9. The second-order valence-electron chi connectivity index (χ2n) is 13.7. The van der Waals surface area contributed by atoms with Gasteiger partial charge < -0.3 is 9.47 Å². The van der Waals surface area contributed by atoms with Gasteiger partial charge in [0.05, 0.1) is 16.7 Å². The molecule has 0 amide bonds. The van der Waals surface area contributed by atoms with E-state index in [0.29, 0.717) is 0 Å². The first-order valence-electron chi connectivity index (χ1n) is 17.9. The molecule has 0 aliphatic heterocycles. The van der Waals surface area contributed by atoms with Crippen molar-refractivity contribution in [2.75, 3.05) is 4.90 Å². The summed E-state index contributed by atoms with van der Waals surface area (Å²) < 4.78 is 2.50. The lowest BCUT2D eigenvalue weighted by atomic mass is 9.89. The van der Waals surface area contributed by atoms with Crippen LogP contribution < -0.4 is 4.90 Å². The molecule has 0 saturated heterocycles. The Bertz CT molecular complexity index is 3060. The number of benzene rings is 10. The Morgan fingerprint density at radius 3 is 1.73 bits per heavy atom.